The van der Waals surface area contributed by atoms with Crippen LogP contribution in [0.5, 0.6) is 0 Å². The molecule has 1 N–H and O–H groups in total. The van der Waals surface area contributed by atoms with Gasteiger partial charge in [0.2, 0.25) is 0 Å². The monoisotopic (exact) mass is 210 g/mol. The molecule has 0 radical (unpaired) electrons. The van der Waals surface area contributed by atoms with E-state index in [1.165, 1.54) is 0 Å². The lowest BCUT2D eigenvalue weighted by atomic mass is 9.87. The Kier molecular flexibility index (Phi) is 3.10. The second-order valence-electron chi connectivity index (χ2n) is 4.43. The Balaban J connectivity index is 2.11. The summed E-state index contributed by atoms with van der Waals surface area (Å²) in [7, 11) is 0. The molecule has 3 nitrogen and oxygen atoms in total. The second-order valence-corrected chi connectivity index (χ2v) is 4.43. The van der Waals surface area contributed by atoms with Crippen LogP contribution in [-0.2, 0) is 9.53 Å². The van der Waals surface area contributed by atoms with E-state index in [4.69, 9.17) is 4.74 Å². The highest BCUT2D eigenvalue weighted by atomic mass is 16.6. The number of aliphatic carboxylic acids is 1. The SMILES string of the molecule is CCC=CC1C(C(=O)O)CCCC2OC21. The van der Waals surface area contributed by atoms with Crippen LogP contribution < -0.4 is 0 Å². The van der Waals surface area contributed by atoms with Crippen LogP contribution >= 0.6 is 0 Å². The Morgan fingerprint density at radius 1 is 1.53 bits per heavy atom. The highest BCUT2D eigenvalue weighted by Crippen LogP contribution is 2.42. The van der Waals surface area contributed by atoms with Gasteiger partial charge in [0.15, 0.2) is 0 Å². The molecule has 84 valence electrons. The van der Waals surface area contributed by atoms with Crippen molar-refractivity contribution < 1.29 is 14.6 Å². The number of hydrogen-bond donors (Lipinski definition) is 1. The van der Waals surface area contributed by atoms with E-state index in [2.05, 4.69) is 19.1 Å². The smallest absolute Gasteiger partial charge is 0.307 e. The third-order valence-electron chi connectivity index (χ3n) is 3.38. The summed E-state index contributed by atoms with van der Waals surface area (Å²) in [6.07, 6.45) is 8.39. The fourth-order valence-electron chi connectivity index (χ4n) is 2.51. The van der Waals surface area contributed by atoms with Gasteiger partial charge in [0.1, 0.15) is 0 Å². The molecule has 1 saturated carbocycles. The van der Waals surface area contributed by atoms with Gasteiger partial charge in [-0.25, -0.2) is 0 Å². The first-order chi connectivity index (χ1) is 7.24. The van der Waals surface area contributed by atoms with Crippen molar-refractivity contribution in [3.8, 4) is 0 Å². The number of epoxide rings is 1. The van der Waals surface area contributed by atoms with E-state index in [0.29, 0.717) is 6.10 Å². The first-order valence-electron chi connectivity index (χ1n) is 5.79. The Bertz CT molecular complexity index is 272. The predicted molar refractivity (Wildman–Crippen MR) is 56.6 cm³/mol. The number of ether oxygens (including phenoxy) is 1. The molecule has 0 aromatic rings. The topological polar surface area (TPSA) is 49.8 Å². The minimum Gasteiger partial charge on any atom is -0.481 e. The first kappa shape index (κ1) is 10.7. The van der Waals surface area contributed by atoms with Gasteiger partial charge in [-0.15, -0.1) is 0 Å². The van der Waals surface area contributed by atoms with Gasteiger partial charge in [-0.1, -0.05) is 19.1 Å². The fraction of sp³-hybridized carbons (Fsp3) is 0.750. The Morgan fingerprint density at radius 2 is 2.33 bits per heavy atom. The molecule has 1 aliphatic heterocycles. The molecule has 0 spiro atoms. The number of carboxylic acids is 1. The van der Waals surface area contributed by atoms with Crippen LogP contribution in [-0.4, -0.2) is 23.3 Å². The predicted octanol–water partition coefficient (Wildman–Crippen LogP) is 2.22. The maximum atomic E-state index is 11.2. The summed E-state index contributed by atoms with van der Waals surface area (Å²) in [4.78, 5) is 11.2. The standard InChI is InChI=1S/C12H18O3/c1-2-3-5-8-9(12(13)14)6-4-7-10-11(8)15-10/h3,5,8-11H,2,4,6-7H2,1H3,(H,13,14). The van der Waals surface area contributed by atoms with Gasteiger partial charge in [0.05, 0.1) is 18.1 Å². The van der Waals surface area contributed by atoms with Gasteiger partial charge < -0.3 is 9.84 Å². The molecule has 3 heteroatoms. The quantitative estimate of drug-likeness (QED) is 0.574. The fourth-order valence-corrected chi connectivity index (χ4v) is 2.51. The van der Waals surface area contributed by atoms with Gasteiger partial charge >= 0.3 is 5.97 Å². The van der Waals surface area contributed by atoms with Crippen molar-refractivity contribution in [2.24, 2.45) is 11.8 Å². The van der Waals surface area contributed by atoms with Crippen molar-refractivity contribution in [1.29, 1.82) is 0 Å². The molecule has 1 heterocycles. The van der Waals surface area contributed by atoms with E-state index in [-0.39, 0.29) is 17.9 Å². The summed E-state index contributed by atoms with van der Waals surface area (Å²) in [5.74, 6) is -0.822. The highest BCUT2D eigenvalue weighted by molar-refractivity contribution is 5.71. The average molecular weight is 210 g/mol. The summed E-state index contributed by atoms with van der Waals surface area (Å²) < 4.78 is 5.53. The van der Waals surface area contributed by atoms with Crippen molar-refractivity contribution in [3.63, 3.8) is 0 Å². The maximum Gasteiger partial charge on any atom is 0.307 e. The number of allylic oxidation sites excluding steroid dienone is 1. The molecule has 2 fully saturated rings. The minimum atomic E-state index is -0.670. The molecular weight excluding hydrogens is 192 g/mol. The van der Waals surface area contributed by atoms with Crippen LogP contribution in [0.2, 0.25) is 0 Å². The van der Waals surface area contributed by atoms with Crippen LogP contribution in [0.3, 0.4) is 0 Å². The molecule has 4 unspecified atom stereocenters. The number of carboxylic acid groups (broad SMARTS) is 1. The van der Waals surface area contributed by atoms with Gasteiger partial charge in [-0.05, 0) is 25.7 Å². The number of hydrogen-bond acceptors (Lipinski definition) is 2. The van der Waals surface area contributed by atoms with Gasteiger partial charge in [-0.2, -0.15) is 0 Å². The second kappa shape index (κ2) is 4.35. The molecule has 2 rings (SSSR count). The molecular formula is C12H18O3. The Morgan fingerprint density at radius 3 is 3.00 bits per heavy atom. The molecule has 0 bridgehead atoms. The van der Waals surface area contributed by atoms with Crippen LogP contribution in [0.4, 0.5) is 0 Å². The minimum absolute atomic E-state index is 0.0925. The average Bonchev–Trinajstić information content (AvgIpc) is 2.93. The van der Waals surface area contributed by atoms with E-state index in [1.54, 1.807) is 0 Å². The molecule has 1 aliphatic carbocycles. The summed E-state index contributed by atoms with van der Waals surface area (Å²) in [5, 5.41) is 9.18. The van der Waals surface area contributed by atoms with E-state index in [9.17, 15) is 9.90 Å². The Labute approximate surface area is 90.1 Å². The number of fused-ring (bicyclic) bond motifs is 1. The molecule has 15 heavy (non-hydrogen) atoms. The lowest BCUT2D eigenvalue weighted by Gasteiger charge is -2.17. The van der Waals surface area contributed by atoms with Crippen molar-refractivity contribution in [3.05, 3.63) is 12.2 Å². The third kappa shape index (κ3) is 2.23. The van der Waals surface area contributed by atoms with E-state index in [0.717, 1.165) is 25.7 Å². The van der Waals surface area contributed by atoms with Crippen molar-refractivity contribution in [1.82, 2.24) is 0 Å². The highest BCUT2D eigenvalue weighted by Gasteiger charge is 2.49. The van der Waals surface area contributed by atoms with Gasteiger partial charge in [0.25, 0.3) is 0 Å². The summed E-state index contributed by atoms with van der Waals surface area (Å²) >= 11 is 0. The largest absolute Gasteiger partial charge is 0.481 e. The summed E-state index contributed by atoms with van der Waals surface area (Å²) in [6, 6.07) is 0. The zero-order chi connectivity index (χ0) is 10.8. The zero-order valence-electron chi connectivity index (χ0n) is 9.06. The number of carbonyl (C=O) groups is 1. The molecule has 0 amide bonds. The van der Waals surface area contributed by atoms with Crippen molar-refractivity contribution in [2.75, 3.05) is 0 Å². The molecule has 0 aromatic carbocycles. The van der Waals surface area contributed by atoms with Gasteiger partial charge in [-0.3, -0.25) is 4.79 Å². The molecule has 0 aromatic heterocycles. The van der Waals surface area contributed by atoms with Crippen LogP contribution in [0.15, 0.2) is 12.2 Å². The lowest BCUT2D eigenvalue weighted by molar-refractivity contribution is -0.143. The lowest BCUT2D eigenvalue weighted by Crippen LogP contribution is -2.25. The molecule has 1 saturated heterocycles. The normalized spacial score (nSPS) is 39.8. The van der Waals surface area contributed by atoms with Crippen LogP contribution in [0, 0.1) is 11.8 Å². The third-order valence-corrected chi connectivity index (χ3v) is 3.38. The first-order valence-corrected chi connectivity index (χ1v) is 5.79. The van der Waals surface area contributed by atoms with Crippen molar-refractivity contribution >= 4 is 5.97 Å². The Hall–Kier alpha value is -0.830. The van der Waals surface area contributed by atoms with Crippen LogP contribution in [0.1, 0.15) is 32.6 Å². The van der Waals surface area contributed by atoms with Crippen molar-refractivity contribution in [2.45, 2.75) is 44.8 Å². The van der Waals surface area contributed by atoms with E-state index < -0.39 is 5.97 Å². The maximum absolute atomic E-state index is 11.2. The van der Waals surface area contributed by atoms with E-state index in [1.807, 2.05) is 0 Å². The number of rotatable bonds is 3. The van der Waals surface area contributed by atoms with Gasteiger partial charge in [0, 0.05) is 5.92 Å². The molecule has 4 atom stereocenters. The molecule has 2 aliphatic rings. The zero-order valence-corrected chi connectivity index (χ0v) is 9.06. The summed E-state index contributed by atoms with van der Waals surface area (Å²) in [5.41, 5.74) is 0. The van der Waals surface area contributed by atoms with Crippen LogP contribution in [0.25, 0.3) is 0 Å². The van der Waals surface area contributed by atoms with E-state index >= 15 is 0 Å². The summed E-state index contributed by atoms with van der Waals surface area (Å²) in [6.45, 7) is 2.06.